The molecule has 3 heteroatoms. The fraction of sp³-hybridized carbons (Fsp3) is 0.562. The van der Waals surface area contributed by atoms with E-state index in [9.17, 15) is 13.6 Å². The van der Waals surface area contributed by atoms with E-state index in [1.54, 1.807) is 0 Å². The van der Waals surface area contributed by atoms with Crippen LogP contribution in [0.25, 0.3) is 0 Å². The smallest absolute Gasteiger partial charge is 0.159 e. The number of halogens is 2. The molecule has 1 fully saturated rings. The van der Waals surface area contributed by atoms with Crippen molar-refractivity contribution in [3.8, 4) is 0 Å². The summed E-state index contributed by atoms with van der Waals surface area (Å²) in [5.41, 5.74) is 0.565. The lowest BCUT2D eigenvalue weighted by Crippen LogP contribution is -2.27. The summed E-state index contributed by atoms with van der Waals surface area (Å²) in [5.74, 6) is -0.367. The molecular formula is C16H20F2O. The average Bonchev–Trinajstić information content (AvgIpc) is 2.32. The van der Waals surface area contributed by atoms with E-state index in [0.29, 0.717) is 17.4 Å². The van der Waals surface area contributed by atoms with Crippen LogP contribution in [0, 0.1) is 29.4 Å². The molecule has 1 aromatic carbocycles. The van der Waals surface area contributed by atoms with Crippen molar-refractivity contribution < 1.29 is 13.6 Å². The highest BCUT2D eigenvalue weighted by Crippen LogP contribution is 2.33. The molecule has 1 saturated carbocycles. The predicted octanol–water partition coefficient (Wildman–Crippen LogP) is 4.15. The third-order valence-electron chi connectivity index (χ3n) is 4.00. The first-order valence-electron chi connectivity index (χ1n) is 6.92. The summed E-state index contributed by atoms with van der Waals surface area (Å²) in [4.78, 5) is 12.2. The number of benzene rings is 1. The highest BCUT2D eigenvalue weighted by atomic mass is 19.2. The minimum atomic E-state index is -0.879. The second-order valence-corrected chi connectivity index (χ2v) is 6.01. The normalized spacial score (nSPS) is 27.3. The fourth-order valence-electron chi connectivity index (χ4n) is 3.20. The first-order chi connectivity index (χ1) is 8.95. The number of hydrogen-bond acceptors (Lipinski definition) is 1. The Kier molecular flexibility index (Phi) is 4.33. The second-order valence-electron chi connectivity index (χ2n) is 6.01. The number of Topliss-reactive ketones (excluding diaryl/α,β-unsaturated/α-hetero) is 1. The molecule has 0 aromatic heterocycles. The van der Waals surface area contributed by atoms with Gasteiger partial charge in [0.1, 0.15) is 5.78 Å². The van der Waals surface area contributed by atoms with Gasteiger partial charge in [-0.05, 0) is 48.8 Å². The molecule has 1 aliphatic carbocycles. The zero-order valence-electron chi connectivity index (χ0n) is 11.5. The summed E-state index contributed by atoms with van der Waals surface area (Å²) in [5, 5.41) is 0. The second kappa shape index (κ2) is 5.81. The van der Waals surface area contributed by atoms with Gasteiger partial charge in [0, 0.05) is 12.3 Å². The molecule has 0 spiro atoms. The van der Waals surface area contributed by atoms with Gasteiger partial charge >= 0.3 is 0 Å². The topological polar surface area (TPSA) is 17.1 Å². The standard InChI is InChI=1S/C16H20F2O/c1-10-5-11(2)7-13(6-10)16(19)9-12-3-4-14(17)15(18)8-12/h3-4,8,10-11,13H,5-7,9H2,1-2H3. The van der Waals surface area contributed by atoms with Crippen molar-refractivity contribution in [1.29, 1.82) is 0 Å². The van der Waals surface area contributed by atoms with Crippen LogP contribution in [0.5, 0.6) is 0 Å². The third kappa shape index (κ3) is 3.62. The van der Waals surface area contributed by atoms with E-state index in [2.05, 4.69) is 13.8 Å². The molecular weight excluding hydrogens is 246 g/mol. The molecule has 104 valence electrons. The van der Waals surface area contributed by atoms with Crippen LogP contribution in [0.3, 0.4) is 0 Å². The van der Waals surface area contributed by atoms with Crippen LogP contribution < -0.4 is 0 Å². The molecule has 2 unspecified atom stereocenters. The summed E-state index contributed by atoms with van der Waals surface area (Å²) in [6.45, 7) is 4.35. The van der Waals surface area contributed by atoms with E-state index in [-0.39, 0.29) is 18.1 Å². The molecule has 0 amide bonds. The average molecular weight is 266 g/mol. The zero-order chi connectivity index (χ0) is 14.0. The van der Waals surface area contributed by atoms with Crippen molar-refractivity contribution in [3.05, 3.63) is 35.4 Å². The van der Waals surface area contributed by atoms with Gasteiger partial charge in [-0.15, -0.1) is 0 Å². The van der Waals surface area contributed by atoms with Crippen molar-refractivity contribution in [2.75, 3.05) is 0 Å². The molecule has 0 bridgehead atoms. The molecule has 1 aromatic rings. The summed E-state index contributed by atoms with van der Waals surface area (Å²) in [6, 6.07) is 3.71. The van der Waals surface area contributed by atoms with E-state index < -0.39 is 11.6 Å². The summed E-state index contributed by atoms with van der Waals surface area (Å²) >= 11 is 0. The summed E-state index contributed by atoms with van der Waals surface area (Å²) < 4.78 is 25.9. The minimum Gasteiger partial charge on any atom is -0.299 e. The Morgan fingerprint density at radius 2 is 1.74 bits per heavy atom. The Balaban J connectivity index is 2.02. The molecule has 2 rings (SSSR count). The van der Waals surface area contributed by atoms with Crippen LogP contribution in [0.15, 0.2) is 18.2 Å². The summed E-state index contributed by atoms with van der Waals surface area (Å²) in [6.07, 6.45) is 3.23. The molecule has 0 N–H and O–H groups in total. The minimum absolute atomic E-state index is 0.0758. The maximum Gasteiger partial charge on any atom is 0.159 e. The molecule has 0 radical (unpaired) electrons. The molecule has 0 aliphatic heterocycles. The third-order valence-corrected chi connectivity index (χ3v) is 4.00. The molecule has 1 nitrogen and oxygen atoms in total. The first kappa shape index (κ1) is 14.2. The predicted molar refractivity (Wildman–Crippen MR) is 70.7 cm³/mol. The quantitative estimate of drug-likeness (QED) is 0.803. The van der Waals surface area contributed by atoms with Crippen molar-refractivity contribution in [3.63, 3.8) is 0 Å². The van der Waals surface area contributed by atoms with Gasteiger partial charge < -0.3 is 0 Å². The van der Waals surface area contributed by atoms with Crippen molar-refractivity contribution in [1.82, 2.24) is 0 Å². The van der Waals surface area contributed by atoms with Gasteiger partial charge in [-0.3, -0.25) is 4.79 Å². The Labute approximate surface area is 113 Å². The molecule has 2 atom stereocenters. The van der Waals surface area contributed by atoms with E-state index in [1.807, 2.05) is 0 Å². The number of rotatable bonds is 3. The SMILES string of the molecule is CC1CC(C)CC(C(=O)Cc2ccc(F)c(F)c2)C1. The Morgan fingerprint density at radius 3 is 2.32 bits per heavy atom. The number of carbonyl (C=O) groups excluding carboxylic acids is 1. The highest BCUT2D eigenvalue weighted by molar-refractivity contribution is 5.83. The number of ketones is 1. The summed E-state index contributed by atoms with van der Waals surface area (Å²) in [7, 11) is 0. The van der Waals surface area contributed by atoms with Crippen LogP contribution in [-0.2, 0) is 11.2 Å². The van der Waals surface area contributed by atoms with Gasteiger partial charge in [-0.2, -0.15) is 0 Å². The van der Waals surface area contributed by atoms with E-state index in [4.69, 9.17) is 0 Å². The largest absolute Gasteiger partial charge is 0.299 e. The van der Waals surface area contributed by atoms with Crippen molar-refractivity contribution >= 4 is 5.78 Å². The fourth-order valence-corrected chi connectivity index (χ4v) is 3.20. The van der Waals surface area contributed by atoms with Crippen molar-refractivity contribution in [2.45, 2.75) is 39.5 Å². The number of hydrogen-bond donors (Lipinski definition) is 0. The molecule has 19 heavy (non-hydrogen) atoms. The van der Waals surface area contributed by atoms with Gasteiger partial charge in [-0.25, -0.2) is 8.78 Å². The Hall–Kier alpha value is -1.25. The van der Waals surface area contributed by atoms with Gasteiger partial charge in [0.25, 0.3) is 0 Å². The zero-order valence-corrected chi connectivity index (χ0v) is 11.5. The first-order valence-corrected chi connectivity index (χ1v) is 6.92. The molecule has 0 heterocycles. The van der Waals surface area contributed by atoms with Crippen molar-refractivity contribution in [2.24, 2.45) is 17.8 Å². The molecule has 0 saturated heterocycles. The van der Waals surface area contributed by atoms with Gasteiger partial charge in [0.05, 0.1) is 0 Å². The van der Waals surface area contributed by atoms with E-state index in [1.165, 1.54) is 12.5 Å². The monoisotopic (exact) mass is 266 g/mol. The van der Waals surface area contributed by atoms with Gasteiger partial charge in [0.15, 0.2) is 11.6 Å². The molecule has 1 aliphatic rings. The lowest BCUT2D eigenvalue weighted by molar-refractivity contribution is -0.124. The van der Waals surface area contributed by atoms with E-state index >= 15 is 0 Å². The van der Waals surface area contributed by atoms with Crippen LogP contribution >= 0.6 is 0 Å². The maximum atomic E-state index is 13.1. The van der Waals surface area contributed by atoms with Gasteiger partial charge in [-0.1, -0.05) is 19.9 Å². The Bertz CT molecular complexity index is 460. The Morgan fingerprint density at radius 1 is 1.11 bits per heavy atom. The van der Waals surface area contributed by atoms with Gasteiger partial charge in [0.2, 0.25) is 0 Å². The van der Waals surface area contributed by atoms with Crippen LogP contribution in [0.1, 0.15) is 38.7 Å². The lowest BCUT2D eigenvalue weighted by atomic mass is 9.74. The highest BCUT2D eigenvalue weighted by Gasteiger charge is 2.28. The van der Waals surface area contributed by atoms with Crippen LogP contribution in [-0.4, -0.2) is 5.78 Å². The van der Waals surface area contributed by atoms with E-state index in [0.717, 1.165) is 25.0 Å². The lowest BCUT2D eigenvalue weighted by Gasteiger charge is -2.30. The van der Waals surface area contributed by atoms with Crippen LogP contribution in [0.4, 0.5) is 8.78 Å². The maximum absolute atomic E-state index is 13.1. The van der Waals surface area contributed by atoms with Crippen LogP contribution in [0.2, 0.25) is 0 Å². The number of carbonyl (C=O) groups is 1.